The lowest BCUT2D eigenvalue weighted by atomic mass is 9.67. The average molecular weight is 430 g/mol. The molecule has 3 N–H and O–H groups in total. The Bertz CT molecular complexity index is 849. The van der Waals surface area contributed by atoms with Crippen molar-refractivity contribution in [2.24, 2.45) is 17.6 Å². The van der Waals surface area contributed by atoms with Gasteiger partial charge in [0, 0.05) is 7.11 Å². The van der Waals surface area contributed by atoms with Gasteiger partial charge in [0.1, 0.15) is 0 Å². The molecule has 3 rings (SSSR count). The van der Waals surface area contributed by atoms with Gasteiger partial charge in [-0.05, 0) is 53.6 Å². The lowest BCUT2D eigenvalue weighted by Crippen LogP contribution is -2.58. The highest BCUT2D eigenvalue weighted by Gasteiger charge is 2.45. The molecule has 7 nitrogen and oxygen atoms in total. The van der Waals surface area contributed by atoms with Crippen LogP contribution in [0.1, 0.15) is 42.9 Å². The van der Waals surface area contributed by atoms with Gasteiger partial charge in [-0.1, -0.05) is 19.9 Å². The second kappa shape index (κ2) is 9.43. The number of amides is 1. The number of aryl methyl sites for hydroxylation is 1. The van der Waals surface area contributed by atoms with Crippen molar-refractivity contribution in [2.75, 3.05) is 20.3 Å². The summed E-state index contributed by atoms with van der Waals surface area (Å²) in [6.45, 7) is 4.98. The van der Waals surface area contributed by atoms with E-state index in [2.05, 4.69) is 29.2 Å². The fourth-order valence-electron chi connectivity index (χ4n) is 4.95. The summed E-state index contributed by atoms with van der Waals surface area (Å²) in [5.41, 5.74) is 8.54. The monoisotopic (exact) mass is 430 g/mol. The van der Waals surface area contributed by atoms with E-state index < -0.39 is 5.92 Å². The molecular weight excluding hydrogens is 399 g/mol. The van der Waals surface area contributed by atoms with Crippen LogP contribution in [0.15, 0.2) is 18.2 Å². The summed E-state index contributed by atoms with van der Waals surface area (Å²) in [7, 11) is 4.50. The topological polar surface area (TPSA) is 112 Å². The molecule has 162 valence electrons. The van der Waals surface area contributed by atoms with E-state index in [1.807, 2.05) is 12.1 Å². The van der Waals surface area contributed by atoms with Crippen LogP contribution in [0.3, 0.4) is 0 Å². The Hall–Kier alpha value is -2.00. The zero-order valence-corrected chi connectivity index (χ0v) is 19.0. The molecule has 1 aromatic rings. The minimum atomic E-state index is -0.483. The minimum absolute atomic E-state index is 0.00902. The predicted molar refractivity (Wildman–Crippen MR) is 118 cm³/mol. The van der Waals surface area contributed by atoms with Gasteiger partial charge in [-0.2, -0.15) is 5.26 Å². The Balaban J connectivity index is 2.07. The number of nitrogens with zero attached hydrogens (tertiary/aromatic N) is 2. The SMILES string of the molecule is CO[C@@H](C(C)P)C(C)C1CCc2ccc(C#N)cc2C1C(=O)N(C(=N)N)C1COC1. The van der Waals surface area contributed by atoms with Crippen LogP contribution in [0.4, 0.5) is 0 Å². The van der Waals surface area contributed by atoms with Crippen LogP contribution in [-0.2, 0) is 20.7 Å². The molecule has 1 aromatic carbocycles. The minimum Gasteiger partial charge on any atom is -0.381 e. The lowest BCUT2D eigenvalue weighted by Gasteiger charge is -2.44. The summed E-state index contributed by atoms with van der Waals surface area (Å²) in [5.74, 6) is -0.819. The van der Waals surface area contributed by atoms with Crippen molar-refractivity contribution in [2.45, 2.75) is 50.4 Å². The van der Waals surface area contributed by atoms with Crippen LogP contribution < -0.4 is 5.73 Å². The third-order valence-electron chi connectivity index (χ3n) is 6.52. The lowest BCUT2D eigenvalue weighted by molar-refractivity contribution is -0.141. The van der Waals surface area contributed by atoms with Crippen LogP contribution in [-0.4, -0.2) is 54.9 Å². The third kappa shape index (κ3) is 4.23. The maximum absolute atomic E-state index is 13.9. The maximum atomic E-state index is 13.9. The number of hydrogen-bond acceptors (Lipinski definition) is 5. The molecule has 1 fully saturated rings. The molecule has 2 aliphatic rings. The van der Waals surface area contributed by atoms with Gasteiger partial charge >= 0.3 is 0 Å². The smallest absolute Gasteiger partial charge is 0.237 e. The van der Waals surface area contributed by atoms with Gasteiger partial charge in [0.2, 0.25) is 5.91 Å². The Morgan fingerprint density at radius 3 is 2.63 bits per heavy atom. The van der Waals surface area contributed by atoms with Gasteiger partial charge in [0.15, 0.2) is 5.96 Å². The van der Waals surface area contributed by atoms with Gasteiger partial charge in [0.05, 0.1) is 42.9 Å². The average Bonchev–Trinajstić information content (AvgIpc) is 2.68. The van der Waals surface area contributed by atoms with Gasteiger partial charge < -0.3 is 15.2 Å². The Morgan fingerprint density at radius 1 is 1.43 bits per heavy atom. The fraction of sp³-hybridized carbons (Fsp3) is 0.591. The number of benzene rings is 1. The summed E-state index contributed by atoms with van der Waals surface area (Å²) >= 11 is 0. The number of carbonyl (C=O) groups is 1. The van der Waals surface area contributed by atoms with E-state index in [0.29, 0.717) is 18.8 Å². The molecule has 1 heterocycles. The van der Waals surface area contributed by atoms with E-state index in [0.717, 1.165) is 24.0 Å². The van der Waals surface area contributed by atoms with Crippen molar-refractivity contribution in [1.82, 2.24) is 4.90 Å². The molecule has 1 amide bonds. The van der Waals surface area contributed by atoms with Crippen molar-refractivity contribution in [3.05, 3.63) is 34.9 Å². The largest absolute Gasteiger partial charge is 0.381 e. The number of methoxy groups -OCH3 is 1. The van der Waals surface area contributed by atoms with Crippen molar-refractivity contribution >= 4 is 21.1 Å². The third-order valence-corrected chi connectivity index (χ3v) is 6.90. The molecule has 1 saturated heterocycles. The van der Waals surface area contributed by atoms with E-state index in [1.165, 1.54) is 4.90 Å². The second-order valence-electron chi connectivity index (χ2n) is 8.41. The number of guanidine groups is 1. The zero-order valence-electron chi connectivity index (χ0n) is 17.8. The van der Waals surface area contributed by atoms with Crippen LogP contribution in [0.2, 0.25) is 0 Å². The molecule has 5 unspecified atom stereocenters. The van der Waals surface area contributed by atoms with Crippen LogP contribution in [0, 0.1) is 28.6 Å². The number of rotatable bonds is 6. The summed E-state index contributed by atoms with van der Waals surface area (Å²) < 4.78 is 11.0. The number of nitrogens with two attached hydrogens (primary N) is 1. The highest BCUT2D eigenvalue weighted by atomic mass is 31.0. The van der Waals surface area contributed by atoms with Gasteiger partial charge in [0.25, 0.3) is 0 Å². The van der Waals surface area contributed by atoms with E-state index >= 15 is 0 Å². The highest BCUT2D eigenvalue weighted by Crippen LogP contribution is 2.44. The zero-order chi connectivity index (χ0) is 22.0. The quantitative estimate of drug-likeness (QED) is 0.408. The summed E-state index contributed by atoms with van der Waals surface area (Å²) in [5, 5.41) is 17.5. The first-order valence-corrected chi connectivity index (χ1v) is 11.0. The van der Waals surface area contributed by atoms with Gasteiger partial charge in [-0.25, -0.2) is 0 Å². The highest BCUT2D eigenvalue weighted by molar-refractivity contribution is 7.17. The standard InChI is InChI=1S/C22H31N4O3P/c1-12(20(28-3)13(2)30)17-7-6-15-5-4-14(9-23)8-18(15)19(17)21(27)26(22(24)25)16-10-29-11-16/h4-5,8,12-13,16-17,19-20H,6-7,10-11,30H2,1-3H3,(H3,24,25)/t12?,13?,17?,19?,20-/m1/s1. The molecule has 1 aliphatic carbocycles. The number of fused-ring (bicyclic) bond motifs is 1. The predicted octanol–water partition coefficient (Wildman–Crippen LogP) is 2.24. The molecule has 1 aliphatic heterocycles. The van der Waals surface area contributed by atoms with E-state index in [9.17, 15) is 10.1 Å². The Kier molecular flexibility index (Phi) is 7.13. The molecule has 0 spiro atoms. The Morgan fingerprint density at radius 2 is 2.13 bits per heavy atom. The molecule has 6 atom stereocenters. The molecule has 0 radical (unpaired) electrons. The second-order valence-corrected chi connectivity index (χ2v) is 9.46. The number of carbonyl (C=O) groups excluding carboxylic acids is 1. The first kappa shape index (κ1) is 22.7. The molecule has 0 bridgehead atoms. The van der Waals surface area contributed by atoms with Crippen LogP contribution in [0.5, 0.6) is 0 Å². The van der Waals surface area contributed by atoms with Crippen LogP contribution >= 0.6 is 9.24 Å². The van der Waals surface area contributed by atoms with E-state index in [4.69, 9.17) is 20.6 Å². The first-order valence-electron chi connectivity index (χ1n) is 10.4. The van der Waals surface area contributed by atoms with Gasteiger partial charge in [-0.3, -0.25) is 15.1 Å². The van der Waals surface area contributed by atoms with Crippen molar-refractivity contribution in [1.29, 1.82) is 10.7 Å². The summed E-state index contributed by atoms with van der Waals surface area (Å²) in [6, 6.07) is 7.56. The Labute approximate surface area is 180 Å². The fourth-order valence-corrected chi connectivity index (χ4v) is 5.46. The van der Waals surface area contributed by atoms with E-state index in [1.54, 1.807) is 13.2 Å². The molecule has 0 saturated carbocycles. The summed E-state index contributed by atoms with van der Waals surface area (Å²) in [4.78, 5) is 15.2. The van der Waals surface area contributed by atoms with Crippen molar-refractivity contribution < 1.29 is 14.3 Å². The molecule has 8 heteroatoms. The maximum Gasteiger partial charge on any atom is 0.237 e. The summed E-state index contributed by atoms with van der Waals surface area (Å²) in [6.07, 6.45) is 1.64. The normalized spacial score (nSPS) is 24.0. The molecule has 0 aromatic heterocycles. The first-order chi connectivity index (χ1) is 14.3. The number of nitriles is 1. The number of nitrogens with one attached hydrogen (secondary N) is 1. The van der Waals surface area contributed by atoms with Gasteiger partial charge in [-0.15, -0.1) is 9.24 Å². The van der Waals surface area contributed by atoms with Crippen LogP contribution in [0.25, 0.3) is 0 Å². The van der Waals surface area contributed by atoms with E-state index in [-0.39, 0.29) is 41.5 Å². The number of hydrogen-bond donors (Lipinski definition) is 2. The van der Waals surface area contributed by atoms with Crippen molar-refractivity contribution in [3.63, 3.8) is 0 Å². The molecule has 30 heavy (non-hydrogen) atoms. The molecular formula is C22H31N4O3P. The number of ether oxygens (including phenoxy) is 2. The van der Waals surface area contributed by atoms with Crippen molar-refractivity contribution in [3.8, 4) is 6.07 Å².